The first-order valence-corrected chi connectivity index (χ1v) is 7.86. The zero-order valence-electron chi connectivity index (χ0n) is 13.8. The molecule has 0 aromatic carbocycles. The van der Waals surface area contributed by atoms with Crippen LogP contribution in [0.15, 0.2) is 12.5 Å². The highest BCUT2D eigenvalue weighted by Crippen LogP contribution is 2.25. The summed E-state index contributed by atoms with van der Waals surface area (Å²) in [7, 11) is 0. The van der Waals surface area contributed by atoms with Gasteiger partial charge in [0.2, 0.25) is 0 Å². The second kappa shape index (κ2) is 5.68. The zero-order valence-corrected chi connectivity index (χ0v) is 13.8. The predicted molar refractivity (Wildman–Crippen MR) is 88.1 cm³/mol. The Morgan fingerprint density at radius 1 is 1.39 bits per heavy atom. The van der Waals surface area contributed by atoms with Crippen molar-refractivity contribution in [1.29, 1.82) is 0 Å². The fourth-order valence-electron chi connectivity index (χ4n) is 2.94. The summed E-state index contributed by atoms with van der Waals surface area (Å²) in [6.45, 7) is 7.56. The van der Waals surface area contributed by atoms with Crippen LogP contribution in [-0.2, 0) is 5.54 Å². The molecule has 0 aliphatic carbocycles. The zero-order chi connectivity index (χ0) is 16.6. The van der Waals surface area contributed by atoms with E-state index in [2.05, 4.69) is 41.2 Å². The first kappa shape index (κ1) is 15.5. The number of hydrogen-bond acceptors (Lipinski definition) is 5. The van der Waals surface area contributed by atoms with Crippen molar-refractivity contribution >= 4 is 22.9 Å². The van der Waals surface area contributed by atoms with Crippen LogP contribution in [0.4, 0.5) is 10.6 Å². The average molecular weight is 317 g/mol. The number of carbonyl (C=O) groups is 1. The summed E-state index contributed by atoms with van der Waals surface area (Å²) in [4.78, 5) is 21.8. The van der Waals surface area contributed by atoms with E-state index in [9.17, 15) is 4.79 Å². The Hall–Kier alpha value is -2.38. The van der Waals surface area contributed by atoms with E-state index >= 15 is 0 Å². The SMILES string of the molecule is CC(C)(C)n1ncc2c(N[C@@H]3CCCN(C(N)=O)C3)ncnc21. The number of piperidine rings is 1. The molecule has 3 N–H and O–H groups in total. The number of nitrogens with zero attached hydrogens (tertiary/aromatic N) is 5. The number of anilines is 1. The van der Waals surface area contributed by atoms with Crippen LogP contribution in [0.25, 0.3) is 11.0 Å². The van der Waals surface area contributed by atoms with Crippen LogP contribution in [0.5, 0.6) is 0 Å². The Bertz CT molecular complexity index is 718. The lowest BCUT2D eigenvalue weighted by molar-refractivity contribution is 0.192. The molecule has 0 radical (unpaired) electrons. The van der Waals surface area contributed by atoms with Crippen LogP contribution < -0.4 is 11.1 Å². The van der Waals surface area contributed by atoms with E-state index in [4.69, 9.17) is 5.73 Å². The highest BCUT2D eigenvalue weighted by Gasteiger charge is 2.24. The summed E-state index contributed by atoms with van der Waals surface area (Å²) in [6, 6.07) is -0.239. The van der Waals surface area contributed by atoms with Crippen molar-refractivity contribution in [3.05, 3.63) is 12.5 Å². The van der Waals surface area contributed by atoms with E-state index in [1.165, 1.54) is 0 Å². The van der Waals surface area contributed by atoms with Crippen molar-refractivity contribution < 1.29 is 4.79 Å². The lowest BCUT2D eigenvalue weighted by Crippen LogP contribution is -2.47. The average Bonchev–Trinajstić information content (AvgIpc) is 2.92. The normalized spacial score (nSPS) is 19.1. The van der Waals surface area contributed by atoms with Crippen LogP contribution in [0, 0.1) is 0 Å². The van der Waals surface area contributed by atoms with E-state index < -0.39 is 0 Å². The van der Waals surface area contributed by atoms with Gasteiger partial charge in [-0.3, -0.25) is 0 Å². The van der Waals surface area contributed by atoms with E-state index in [0.717, 1.165) is 29.7 Å². The molecule has 3 rings (SSSR count). The second-order valence-electron chi connectivity index (χ2n) is 6.95. The van der Waals surface area contributed by atoms with Gasteiger partial charge in [0.1, 0.15) is 12.1 Å². The maximum atomic E-state index is 11.4. The van der Waals surface area contributed by atoms with Gasteiger partial charge in [0.15, 0.2) is 5.65 Å². The van der Waals surface area contributed by atoms with Crippen LogP contribution in [0.2, 0.25) is 0 Å². The number of aromatic nitrogens is 4. The van der Waals surface area contributed by atoms with E-state index in [0.29, 0.717) is 13.1 Å². The molecule has 2 amide bonds. The maximum absolute atomic E-state index is 11.4. The summed E-state index contributed by atoms with van der Waals surface area (Å²) in [5.41, 5.74) is 6.04. The Morgan fingerprint density at radius 3 is 2.87 bits per heavy atom. The molecule has 0 saturated carbocycles. The molecule has 1 aliphatic heterocycles. The lowest BCUT2D eigenvalue weighted by Gasteiger charge is -2.32. The number of rotatable bonds is 2. The molecule has 23 heavy (non-hydrogen) atoms. The van der Waals surface area contributed by atoms with Crippen molar-refractivity contribution in [2.75, 3.05) is 18.4 Å². The summed E-state index contributed by atoms with van der Waals surface area (Å²) in [5, 5.41) is 8.76. The third-order valence-corrected chi connectivity index (χ3v) is 4.08. The van der Waals surface area contributed by atoms with Crippen LogP contribution in [-0.4, -0.2) is 49.8 Å². The lowest BCUT2D eigenvalue weighted by atomic mass is 10.1. The van der Waals surface area contributed by atoms with Crippen LogP contribution >= 0.6 is 0 Å². The minimum atomic E-state index is -0.370. The van der Waals surface area contributed by atoms with Gasteiger partial charge >= 0.3 is 6.03 Å². The number of nitrogens with one attached hydrogen (secondary N) is 1. The number of hydrogen-bond donors (Lipinski definition) is 2. The highest BCUT2D eigenvalue weighted by molar-refractivity contribution is 5.86. The maximum Gasteiger partial charge on any atom is 0.314 e. The smallest absolute Gasteiger partial charge is 0.314 e. The van der Waals surface area contributed by atoms with E-state index in [1.807, 2.05) is 4.68 Å². The van der Waals surface area contributed by atoms with Crippen molar-refractivity contribution in [2.45, 2.75) is 45.2 Å². The number of fused-ring (bicyclic) bond motifs is 1. The number of nitrogens with two attached hydrogens (primary N) is 1. The first-order chi connectivity index (χ1) is 10.9. The van der Waals surface area contributed by atoms with E-state index in [1.54, 1.807) is 17.4 Å². The highest BCUT2D eigenvalue weighted by atomic mass is 16.2. The van der Waals surface area contributed by atoms with Crippen molar-refractivity contribution in [1.82, 2.24) is 24.6 Å². The number of amides is 2. The van der Waals surface area contributed by atoms with Gasteiger partial charge < -0.3 is 16.0 Å². The monoisotopic (exact) mass is 317 g/mol. The fraction of sp³-hybridized carbons (Fsp3) is 0.600. The van der Waals surface area contributed by atoms with Crippen molar-refractivity contribution in [3.63, 3.8) is 0 Å². The van der Waals surface area contributed by atoms with Crippen molar-refractivity contribution in [2.24, 2.45) is 5.73 Å². The largest absolute Gasteiger partial charge is 0.365 e. The molecule has 8 nitrogen and oxygen atoms in total. The number of likely N-dealkylation sites (tertiary alicyclic amines) is 1. The third-order valence-electron chi connectivity index (χ3n) is 4.08. The van der Waals surface area contributed by atoms with Gasteiger partial charge in [-0.15, -0.1) is 0 Å². The molecule has 1 saturated heterocycles. The molecule has 0 unspecified atom stereocenters. The Kier molecular flexibility index (Phi) is 3.83. The Balaban J connectivity index is 1.86. The topological polar surface area (TPSA) is 102 Å². The van der Waals surface area contributed by atoms with Gasteiger partial charge in [-0.25, -0.2) is 19.4 Å². The summed E-state index contributed by atoms with van der Waals surface area (Å²) in [6.07, 6.45) is 5.24. The van der Waals surface area contributed by atoms with Gasteiger partial charge in [0.05, 0.1) is 17.1 Å². The Labute approximate surface area is 135 Å². The molecular weight excluding hydrogens is 294 g/mol. The van der Waals surface area contributed by atoms with E-state index in [-0.39, 0.29) is 17.6 Å². The van der Waals surface area contributed by atoms with Gasteiger partial charge in [-0.1, -0.05) is 0 Å². The van der Waals surface area contributed by atoms with Crippen LogP contribution in [0.1, 0.15) is 33.6 Å². The molecule has 1 aliphatic rings. The molecule has 1 atom stereocenters. The molecule has 0 spiro atoms. The predicted octanol–water partition coefficient (Wildman–Crippen LogP) is 1.54. The number of primary amides is 1. The van der Waals surface area contributed by atoms with Gasteiger partial charge in [0.25, 0.3) is 0 Å². The molecule has 8 heteroatoms. The number of urea groups is 1. The molecule has 3 heterocycles. The standard InChI is InChI=1S/C15H23N7O/c1-15(2,3)22-13-11(7-19-22)12(17-9-18-13)20-10-5-4-6-21(8-10)14(16)23/h7,9-10H,4-6,8H2,1-3H3,(H2,16,23)(H,17,18,20)/t10-/m1/s1. The second-order valence-corrected chi connectivity index (χ2v) is 6.95. The molecule has 124 valence electrons. The third kappa shape index (κ3) is 3.06. The quantitative estimate of drug-likeness (QED) is 0.874. The van der Waals surface area contributed by atoms with Crippen LogP contribution in [0.3, 0.4) is 0 Å². The summed E-state index contributed by atoms with van der Waals surface area (Å²) < 4.78 is 1.89. The molecular formula is C15H23N7O. The first-order valence-electron chi connectivity index (χ1n) is 7.86. The van der Waals surface area contributed by atoms with Gasteiger partial charge in [0, 0.05) is 19.1 Å². The minimum Gasteiger partial charge on any atom is -0.365 e. The minimum absolute atomic E-state index is 0.132. The van der Waals surface area contributed by atoms with Crippen molar-refractivity contribution in [3.8, 4) is 0 Å². The van der Waals surface area contributed by atoms with Gasteiger partial charge in [-0.05, 0) is 33.6 Å². The Morgan fingerprint density at radius 2 is 2.17 bits per heavy atom. The summed E-state index contributed by atoms with van der Waals surface area (Å²) >= 11 is 0. The van der Waals surface area contributed by atoms with Gasteiger partial charge in [-0.2, -0.15) is 5.10 Å². The molecule has 2 aromatic heterocycles. The fourth-order valence-corrected chi connectivity index (χ4v) is 2.94. The molecule has 0 bridgehead atoms. The molecule has 1 fully saturated rings. The summed E-state index contributed by atoms with van der Waals surface area (Å²) in [5.74, 6) is 0.752. The molecule has 2 aromatic rings. The number of carbonyl (C=O) groups excluding carboxylic acids is 1.